The predicted molar refractivity (Wildman–Crippen MR) is 82.2 cm³/mol. The number of aromatic nitrogens is 2. The first kappa shape index (κ1) is 15.2. The lowest BCUT2D eigenvalue weighted by atomic mass is 10.1. The van der Waals surface area contributed by atoms with Crippen LogP contribution >= 0.6 is 11.3 Å². The van der Waals surface area contributed by atoms with Crippen molar-refractivity contribution >= 4 is 21.6 Å². The van der Waals surface area contributed by atoms with Crippen LogP contribution in [-0.2, 0) is 11.3 Å². The van der Waals surface area contributed by atoms with E-state index in [0.717, 1.165) is 5.52 Å². The molecule has 0 saturated carbocycles. The van der Waals surface area contributed by atoms with E-state index >= 15 is 0 Å². The lowest BCUT2D eigenvalue weighted by Crippen LogP contribution is -2.38. The number of ether oxygens (including phenoxy) is 1. The molecule has 5 nitrogen and oxygen atoms in total. The molecule has 2 aromatic heterocycles. The fraction of sp³-hybridized carbons (Fsp3) is 0.571. The minimum absolute atomic E-state index is 0.0623. The van der Waals surface area contributed by atoms with E-state index in [9.17, 15) is 4.79 Å². The molecular formula is C14H21N3O2S. The van der Waals surface area contributed by atoms with Crippen LogP contribution in [0.4, 0.5) is 0 Å². The summed E-state index contributed by atoms with van der Waals surface area (Å²) >= 11 is 1.42. The standard InChI is InChI=1S/C14H21N3O2S/c1-4-19-8-11(9(2)3)15-7-12-16-10-5-6-20-13(10)14(18)17-12/h5-6,9,11,15H,4,7-8H2,1-3H3,(H,16,17,18). The number of hydrogen-bond donors (Lipinski definition) is 2. The summed E-state index contributed by atoms with van der Waals surface area (Å²) in [5.74, 6) is 1.13. The van der Waals surface area contributed by atoms with Crippen LogP contribution in [0.15, 0.2) is 16.2 Å². The Hall–Kier alpha value is -1.24. The van der Waals surface area contributed by atoms with Crippen molar-refractivity contribution in [2.75, 3.05) is 13.2 Å². The van der Waals surface area contributed by atoms with E-state index in [1.165, 1.54) is 11.3 Å². The number of H-pyrrole nitrogens is 1. The normalized spacial score (nSPS) is 13.2. The highest BCUT2D eigenvalue weighted by atomic mass is 32.1. The Morgan fingerprint density at radius 1 is 1.50 bits per heavy atom. The number of thiophene rings is 1. The van der Waals surface area contributed by atoms with E-state index in [4.69, 9.17) is 4.74 Å². The number of hydrogen-bond acceptors (Lipinski definition) is 5. The molecular weight excluding hydrogens is 274 g/mol. The Balaban J connectivity index is 2.05. The third-order valence-electron chi connectivity index (χ3n) is 3.20. The fourth-order valence-electron chi connectivity index (χ4n) is 1.97. The number of nitrogens with one attached hydrogen (secondary N) is 2. The Kier molecular flexibility index (Phi) is 5.28. The minimum Gasteiger partial charge on any atom is -0.380 e. The Labute approximate surface area is 122 Å². The molecule has 0 spiro atoms. The van der Waals surface area contributed by atoms with E-state index in [2.05, 4.69) is 29.1 Å². The first-order valence-electron chi connectivity index (χ1n) is 6.89. The van der Waals surface area contributed by atoms with E-state index in [-0.39, 0.29) is 11.6 Å². The highest BCUT2D eigenvalue weighted by Crippen LogP contribution is 2.13. The molecule has 0 saturated heterocycles. The second kappa shape index (κ2) is 6.97. The lowest BCUT2D eigenvalue weighted by Gasteiger charge is -2.21. The van der Waals surface area contributed by atoms with Gasteiger partial charge < -0.3 is 15.0 Å². The molecule has 6 heteroatoms. The van der Waals surface area contributed by atoms with Crippen LogP contribution in [0.2, 0.25) is 0 Å². The summed E-state index contributed by atoms with van der Waals surface area (Å²) in [6.07, 6.45) is 0. The van der Waals surface area contributed by atoms with E-state index in [0.29, 0.717) is 36.2 Å². The number of aromatic amines is 1. The zero-order valence-electron chi connectivity index (χ0n) is 12.1. The van der Waals surface area contributed by atoms with Crippen molar-refractivity contribution in [3.05, 3.63) is 27.6 Å². The molecule has 2 aromatic rings. The van der Waals surface area contributed by atoms with Gasteiger partial charge in [0.25, 0.3) is 5.56 Å². The Morgan fingerprint density at radius 3 is 3.00 bits per heavy atom. The molecule has 110 valence electrons. The molecule has 0 aromatic carbocycles. The number of fused-ring (bicyclic) bond motifs is 1. The molecule has 2 rings (SSSR count). The summed E-state index contributed by atoms with van der Waals surface area (Å²) < 4.78 is 6.16. The number of nitrogens with zero attached hydrogens (tertiary/aromatic N) is 1. The smallest absolute Gasteiger partial charge is 0.268 e. The fourth-order valence-corrected chi connectivity index (χ4v) is 2.69. The van der Waals surface area contributed by atoms with E-state index in [1.807, 2.05) is 18.4 Å². The maximum atomic E-state index is 11.9. The topological polar surface area (TPSA) is 67.0 Å². The molecule has 2 N–H and O–H groups in total. The van der Waals surface area contributed by atoms with Gasteiger partial charge in [0.1, 0.15) is 10.5 Å². The molecule has 20 heavy (non-hydrogen) atoms. The average Bonchev–Trinajstić information content (AvgIpc) is 2.87. The zero-order valence-corrected chi connectivity index (χ0v) is 12.9. The van der Waals surface area contributed by atoms with Crippen LogP contribution in [0.5, 0.6) is 0 Å². The van der Waals surface area contributed by atoms with Gasteiger partial charge in [0.2, 0.25) is 0 Å². The van der Waals surface area contributed by atoms with Crippen molar-refractivity contribution in [1.82, 2.24) is 15.3 Å². The van der Waals surface area contributed by atoms with Gasteiger partial charge in [-0.25, -0.2) is 4.98 Å². The van der Waals surface area contributed by atoms with Crippen LogP contribution in [-0.4, -0.2) is 29.2 Å². The van der Waals surface area contributed by atoms with Crippen molar-refractivity contribution in [3.8, 4) is 0 Å². The lowest BCUT2D eigenvalue weighted by molar-refractivity contribution is 0.107. The van der Waals surface area contributed by atoms with Crippen molar-refractivity contribution in [2.45, 2.75) is 33.4 Å². The molecule has 0 bridgehead atoms. The van der Waals surface area contributed by atoms with Crippen LogP contribution in [0.1, 0.15) is 26.6 Å². The van der Waals surface area contributed by atoms with Gasteiger partial charge in [-0.05, 0) is 24.3 Å². The van der Waals surface area contributed by atoms with Crippen molar-refractivity contribution < 1.29 is 4.74 Å². The summed E-state index contributed by atoms with van der Waals surface area (Å²) in [5.41, 5.74) is 0.703. The minimum atomic E-state index is -0.0623. The highest BCUT2D eigenvalue weighted by molar-refractivity contribution is 7.17. The molecule has 0 aliphatic carbocycles. The zero-order chi connectivity index (χ0) is 14.5. The van der Waals surface area contributed by atoms with Gasteiger partial charge >= 0.3 is 0 Å². The van der Waals surface area contributed by atoms with Crippen LogP contribution < -0.4 is 10.9 Å². The predicted octanol–water partition coefficient (Wildman–Crippen LogP) is 2.14. The van der Waals surface area contributed by atoms with E-state index in [1.54, 1.807) is 0 Å². The quantitative estimate of drug-likeness (QED) is 0.821. The Bertz CT molecular complexity index is 606. The summed E-state index contributed by atoms with van der Waals surface area (Å²) in [4.78, 5) is 19.2. The molecule has 0 fully saturated rings. The molecule has 0 aliphatic heterocycles. The first-order chi connectivity index (χ1) is 9.61. The highest BCUT2D eigenvalue weighted by Gasteiger charge is 2.13. The Morgan fingerprint density at radius 2 is 2.30 bits per heavy atom. The van der Waals surface area contributed by atoms with Gasteiger partial charge in [-0.1, -0.05) is 13.8 Å². The van der Waals surface area contributed by atoms with Gasteiger partial charge in [0, 0.05) is 12.6 Å². The largest absolute Gasteiger partial charge is 0.380 e. The van der Waals surface area contributed by atoms with Crippen molar-refractivity contribution in [1.29, 1.82) is 0 Å². The SMILES string of the molecule is CCOCC(NCc1nc2ccsc2c(=O)[nH]1)C(C)C. The molecule has 0 radical (unpaired) electrons. The average molecular weight is 295 g/mol. The van der Waals surface area contributed by atoms with Crippen LogP contribution in [0.25, 0.3) is 10.2 Å². The number of rotatable bonds is 7. The molecule has 0 amide bonds. The first-order valence-corrected chi connectivity index (χ1v) is 7.77. The second-order valence-electron chi connectivity index (χ2n) is 5.04. The van der Waals surface area contributed by atoms with Crippen molar-refractivity contribution in [2.24, 2.45) is 5.92 Å². The maximum Gasteiger partial charge on any atom is 0.268 e. The van der Waals surface area contributed by atoms with Gasteiger partial charge in [-0.3, -0.25) is 4.79 Å². The maximum absolute atomic E-state index is 11.9. The summed E-state index contributed by atoms with van der Waals surface area (Å²) in [7, 11) is 0. The van der Waals surface area contributed by atoms with Gasteiger partial charge in [0.05, 0.1) is 18.7 Å². The van der Waals surface area contributed by atoms with Gasteiger partial charge in [-0.2, -0.15) is 0 Å². The van der Waals surface area contributed by atoms with Crippen LogP contribution in [0, 0.1) is 5.92 Å². The monoisotopic (exact) mass is 295 g/mol. The van der Waals surface area contributed by atoms with Crippen molar-refractivity contribution in [3.63, 3.8) is 0 Å². The van der Waals surface area contributed by atoms with Gasteiger partial charge in [0.15, 0.2) is 0 Å². The van der Waals surface area contributed by atoms with E-state index < -0.39 is 0 Å². The van der Waals surface area contributed by atoms with Crippen LogP contribution in [0.3, 0.4) is 0 Å². The molecule has 2 heterocycles. The third-order valence-corrected chi connectivity index (χ3v) is 4.10. The molecule has 1 atom stereocenters. The summed E-state index contributed by atoms with van der Waals surface area (Å²) in [6, 6.07) is 2.12. The molecule has 1 unspecified atom stereocenters. The summed E-state index contributed by atoms with van der Waals surface area (Å²) in [6.45, 7) is 8.20. The third kappa shape index (κ3) is 3.65. The second-order valence-corrected chi connectivity index (χ2v) is 5.95. The van der Waals surface area contributed by atoms with Gasteiger partial charge in [-0.15, -0.1) is 11.3 Å². The summed E-state index contributed by atoms with van der Waals surface area (Å²) in [5, 5.41) is 5.29. The molecule has 0 aliphatic rings.